The first-order chi connectivity index (χ1) is 16.7. The number of amides is 3. The van der Waals surface area contributed by atoms with Gasteiger partial charge < -0.3 is 19.8 Å². The number of hydrogen-bond donors (Lipinski definition) is 1. The lowest BCUT2D eigenvalue weighted by Gasteiger charge is -2.33. The molecule has 2 fully saturated rings. The molecular weight excluding hydrogens is 498 g/mol. The van der Waals surface area contributed by atoms with E-state index in [1.165, 1.54) is 24.1 Å². The SMILES string of the molecule is CN(C(=O)O)[C@@H]1CN(C(=O)C2CCN(C(=O)c3ccc(F)cn3)CC2)C[C@H]1c1ccc(Cl)c(Cl)c1. The summed E-state index contributed by atoms with van der Waals surface area (Å²) in [5.41, 5.74) is 0.986. The molecule has 1 aromatic carbocycles. The van der Waals surface area contributed by atoms with E-state index in [0.717, 1.165) is 11.8 Å². The molecule has 0 saturated carbocycles. The maximum Gasteiger partial charge on any atom is 0.407 e. The average molecular weight is 523 g/mol. The predicted octanol–water partition coefficient (Wildman–Crippen LogP) is 3.98. The van der Waals surface area contributed by atoms with Crippen molar-refractivity contribution in [3.8, 4) is 0 Å². The smallest absolute Gasteiger partial charge is 0.407 e. The standard InChI is InChI=1S/C24H25Cl2FN4O4/c1-29(24(34)35)21-13-31(12-17(21)15-2-4-18(25)19(26)10-15)22(32)14-6-8-30(9-7-14)23(33)20-5-3-16(27)11-28-20/h2-5,10-11,14,17,21H,6-9,12-13H2,1H3,(H,34,35)/t17-,21+/m0/s1. The van der Waals surface area contributed by atoms with E-state index in [4.69, 9.17) is 23.2 Å². The van der Waals surface area contributed by atoms with Crippen molar-refractivity contribution in [2.45, 2.75) is 24.8 Å². The van der Waals surface area contributed by atoms with Gasteiger partial charge in [0.05, 0.1) is 22.3 Å². The van der Waals surface area contributed by atoms with E-state index >= 15 is 0 Å². The van der Waals surface area contributed by atoms with Gasteiger partial charge in [-0.15, -0.1) is 0 Å². The van der Waals surface area contributed by atoms with E-state index in [1.54, 1.807) is 21.9 Å². The molecule has 3 heterocycles. The highest BCUT2D eigenvalue weighted by molar-refractivity contribution is 6.42. The topological polar surface area (TPSA) is 94.0 Å². The van der Waals surface area contributed by atoms with Gasteiger partial charge in [0.2, 0.25) is 5.91 Å². The molecule has 2 aromatic rings. The molecule has 2 aliphatic heterocycles. The maximum atomic E-state index is 13.4. The Labute approximate surface area is 212 Å². The first-order valence-corrected chi connectivity index (χ1v) is 12.0. The number of aromatic nitrogens is 1. The zero-order valence-electron chi connectivity index (χ0n) is 19.0. The van der Waals surface area contributed by atoms with E-state index in [0.29, 0.717) is 42.5 Å². The van der Waals surface area contributed by atoms with Crippen molar-refractivity contribution in [3.05, 3.63) is 63.6 Å². The van der Waals surface area contributed by atoms with Crippen LogP contribution < -0.4 is 0 Å². The Kier molecular flexibility index (Phi) is 7.47. The first-order valence-electron chi connectivity index (χ1n) is 11.3. The number of benzene rings is 1. The molecule has 8 nitrogen and oxygen atoms in total. The summed E-state index contributed by atoms with van der Waals surface area (Å²) in [7, 11) is 1.50. The summed E-state index contributed by atoms with van der Waals surface area (Å²) in [6.07, 6.45) is 0.903. The molecule has 2 atom stereocenters. The van der Waals surface area contributed by atoms with Gasteiger partial charge in [0, 0.05) is 45.1 Å². The normalized spacial score (nSPS) is 20.7. The van der Waals surface area contributed by atoms with E-state index < -0.39 is 18.0 Å². The van der Waals surface area contributed by atoms with Crippen LogP contribution in [0.1, 0.15) is 34.8 Å². The largest absolute Gasteiger partial charge is 0.465 e. The molecule has 11 heteroatoms. The number of nitrogens with zero attached hydrogens (tertiary/aromatic N) is 4. The molecule has 0 unspecified atom stereocenters. The van der Waals surface area contributed by atoms with Gasteiger partial charge in [-0.1, -0.05) is 29.3 Å². The number of halogens is 3. The monoisotopic (exact) mass is 522 g/mol. The molecule has 1 N–H and O–H groups in total. The van der Waals surface area contributed by atoms with Crippen LogP contribution >= 0.6 is 23.2 Å². The van der Waals surface area contributed by atoms with Crippen LogP contribution in [0.25, 0.3) is 0 Å². The molecule has 35 heavy (non-hydrogen) atoms. The molecule has 0 bridgehead atoms. The van der Waals surface area contributed by atoms with Crippen LogP contribution in [0.3, 0.4) is 0 Å². The molecular formula is C24H25Cl2FN4O4. The molecule has 0 aliphatic carbocycles. The number of likely N-dealkylation sites (N-methyl/N-ethyl adjacent to an activating group) is 1. The van der Waals surface area contributed by atoms with Crippen LogP contribution in [0.2, 0.25) is 10.0 Å². The van der Waals surface area contributed by atoms with Gasteiger partial charge in [0.15, 0.2) is 0 Å². The van der Waals surface area contributed by atoms with Crippen LogP contribution in [0.4, 0.5) is 9.18 Å². The summed E-state index contributed by atoms with van der Waals surface area (Å²) >= 11 is 12.2. The van der Waals surface area contributed by atoms with E-state index in [9.17, 15) is 23.9 Å². The highest BCUT2D eigenvalue weighted by atomic mass is 35.5. The van der Waals surface area contributed by atoms with Crippen molar-refractivity contribution >= 4 is 41.1 Å². The van der Waals surface area contributed by atoms with E-state index in [-0.39, 0.29) is 35.9 Å². The Morgan fingerprint density at radius 3 is 2.37 bits per heavy atom. The minimum absolute atomic E-state index is 0.0524. The number of likely N-dealkylation sites (tertiary alicyclic amines) is 2. The Hall–Kier alpha value is -2.91. The maximum absolute atomic E-state index is 13.4. The summed E-state index contributed by atoms with van der Waals surface area (Å²) in [6, 6.07) is 7.31. The first kappa shape index (κ1) is 25.2. The van der Waals surface area contributed by atoms with Crippen LogP contribution in [0.5, 0.6) is 0 Å². The second-order valence-electron chi connectivity index (χ2n) is 8.91. The van der Waals surface area contributed by atoms with Crippen molar-refractivity contribution in [1.29, 1.82) is 0 Å². The van der Waals surface area contributed by atoms with Gasteiger partial charge in [-0.3, -0.25) is 9.59 Å². The Balaban J connectivity index is 1.43. The number of piperidine rings is 1. The summed E-state index contributed by atoms with van der Waals surface area (Å²) in [5, 5.41) is 10.4. The molecule has 0 spiro atoms. The van der Waals surface area contributed by atoms with Crippen molar-refractivity contribution in [3.63, 3.8) is 0 Å². The number of carbonyl (C=O) groups excluding carboxylic acids is 2. The summed E-state index contributed by atoms with van der Waals surface area (Å²) in [4.78, 5) is 46.1. The third-order valence-electron chi connectivity index (χ3n) is 6.85. The number of pyridine rings is 1. The fraction of sp³-hybridized carbons (Fsp3) is 0.417. The lowest BCUT2D eigenvalue weighted by atomic mass is 9.93. The molecule has 3 amide bonds. The van der Waals surface area contributed by atoms with Gasteiger partial charge in [-0.2, -0.15) is 0 Å². The van der Waals surface area contributed by atoms with Gasteiger partial charge >= 0.3 is 6.09 Å². The van der Waals surface area contributed by atoms with E-state index in [1.807, 2.05) is 6.07 Å². The minimum Gasteiger partial charge on any atom is -0.465 e. The Morgan fingerprint density at radius 1 is 1.06 bits per heavy atom. The van der Waals surface area contributed by atoms with Crippen molar-refractivity contribution in [2.75, 3.05) is 33.2 Å². The second kappa shape index (κ2) is 10.4. The van der Waals surface area contributed by atoms with Gasteiger partial charge in [0.1, 0.15) is 11.5 Å². The number of carbonyl (C=O) groups is 3. The second-order valence-corrected chi connectivity index (χ2v) is 9.73. The van der Waals surface area contributed by atoms with Crippen molar-refractivity contribution < 1.29 is 23.9 Å². The fourth-order valence-electron chi connectivity index (χ4n) is 4.82. The van der Waals surface area contributed by atoms with Crippen LogP contribution in [-0.2, 0) is 4.79 Å². The lowest BCUT2D eigenvalue weighted by Crippen LogP contribution is -2.45. The Bertz CT molecular complexity index is 1130. The number of hydrogen-bond acceptors (Lipinski definition) is 4. The third kappa shape index (κ3) is 5.36. The van der Waals surface area contributed by atoms with Crippen molar-refractivity contribution in [2.24, 2.45) is 5.92 Å². The summed E-state index contributed by atoms with van der Waals surface area (Å²) in [6.45, 7) is 1.40. The van der Waals surface area contributed by atoms with Gasteiger partial charge in [-0.05, 0) is 42.7 Å². The summed E-state index contributed by atoms with van der Waals surface area (Å²) in [5.74, 6) is -1.38. The van der Waals surface area contributed by atoms with E-state index in [2.05, 4.69) is 4.98 Å². The van der Waals surface area contributed by atoms with Crippen LogP contribution in [0, 0.1) is 11.7 Å². The fourth-order valence-corrected chi connectivity index (χ4v) is 5.13. The zero-order valence-corrected chi connectivity index (χ0v) is 20.5. The Morgan fingerprint density at radius 2 is 1.77 bits per heavy atom. The molecule has 2 saturated heterocycles. The van der Waals surface area contributed by atoms with Crippen LogP contribution in [-0.4, -0.2) is 82.0 Å². The molecule has 1 aromatic heterocycles. The van der Waals surface area contributed by atoms with Gasteiger partial charge in [0.25, 0.3) is 5.91 Å². The third-order valence-corrected chi connectivity index (χ3v) is 7.59. The number of rotatable bonds is 4. The summed E-state index contributed by atoms with van der Waals surface area (Å²) < 4.78 is 13.1. The van der Waals surface area contributed by atoms with Crippen molar-refractivity contribution in [1.82, 2.24) is 19.7 Å². The lowest BCUT2D eigenvalue weighted by molar-refractivity contribution is -0.136. The van der Waals surface area contributed by atoms with Gasteiger partial charge in [-0.25, -0.2) is 14.2 Å². The quantitative estimate of drug-likeness (QED) is 0.655. The average Bonchev–Trinajstić information content (AvgIpc) is 3.30. The van der Waals surface area contributed by atoms with Crippen LogP contribution in [0.15, 0.2) is 36.5 Å². The predicted molar refractivity (Wildman–Crippen MR) is 128 cm³/mol. The highest BCUT2D eigenvalue weighted by Gasteiger charge is 2.42. The highest BCUT2D eigenvalue weighted by Crippen LogP contribution is 2.35. The zero-order chi connectivity index (χ0) is 25.3. The molecule has 186 valence electrons. The molecule has 2 aliphatic rings. The molecule has 0 radical (unpaired) electrons. The number of carboxylic acid groups (broad SMARTS) is 1. The minimum atomic E-state index is -1.07. The molecule has 4 rings (SSSR count).